The minimum Gasteiger partial charge on any atom is -0.505 e. The average Bonchev–Trinajstić information content (AvgIpc) is 2.43. The number of aromatic hydroxyl groups is 1. The van der Waals surface area contributed by atoms with Crippen LogP contribution in [0.1, 0.15) is 36.9 Å². The molecule has 0 aromatic heterocycles. The Kier molecular flexibility index (Phi) is 4.66. The van der Waals surface area contributed by atoms with Crippen LogP contribution in [0.4, 0.5) is 5.69 Å². The van der Waals surface area contributed by atoms with Crippen LogP contribution in [-0.4, -0.2) is 36.2 Å². The van der Waals surface area contributed by atoms with Crippen LogP contribution in [0.5, 0.6) is 5.75 Å². The number of phenolic OH excluding ortho intramolecular Hbond substituents is 1. The Balaban J connectivity index is 2.35. The second kappa shape index (κ2) is 6.26. The summed E-state index contributed by atoms with van der Waals surface area (Å²) >= 11 is 0. The third-order valence-corrected chi connectivity index (χ3v) is 3.95. The third-order valence-electron chi connectivity index (χ3n) is 3.95. The highest BCUT2D eigenvalue weighted by Gasteiger charge is 2.25. The number of rotatable bonds is 4. The summed E-state index contributed by atoms with van der Waals surface area (Å²) in [7, 11) is 0. The van der Waals surface area contributed by atoms with E-state index >= 15 is 0 Å². The molecule has 0 aliphatic carbocycles. The number of piperazine rings is 1. The van der Waals surface area contributed by atoms with Gasteiger partial charge in [-0.1, -0.05) is 19.4 Å². The zero-order valence-electron chi connectivity index (χ0n) is 11.9. The van der Waals surface area contributed by atoms with Gasteiger partial charge in [0.2, 0.25) is 0 Å². The van der Waals surface area contributed by atoms with Gasteiger partial charge in [-0.3, -0.25) is 4.90 Å². The molecule has 4 nitrogen and oxygen atoms in total. The number of nitrogens with two attached hydrogens (primary N) is 1. The Morgan fingerprint density at radius 3 is 2.68 bits per heavy atom. The number of phenols is 1. The summed E-state index contributed by atoms with van der Waals surface area (Å²) in [6.07, 6.45) is 2.15. The smallest absolute Gasteiger partial charge is 0.143 e. The summed E-state index contributed by atoms with van der Waals surface area (Å²) in [5, 5.41) is 13.7. The zero-order chi connectivity index (χ0) is 13.8. The lowest BCUT2D eigenvalue weighted by atomic mass is 9.94. The van der Waals surface area contributed by atoms with Crippen LogP contribution in [0, 0.1) is 6.92 Å². The van der Waals surface area contributed by atoms with E-state index in [4.69, 9.17) is 5.73 Å². The lowest BCUT2D eigenvalue weighted by molar-refractivity contribution is 0.161. The van der Waals surface area contributed by atoms with Crippen LogP contribution in [0.25, 0.3) is 0 Å². The van der Waals surface area contributed by atoms with Gasteiger partial charge in [0.1, 0.15) is 5.75 Å². The number of nitrogens with one attached hydrogen (secondary N) is 1. The fourth-order valence-corrected chi connectivity index (χ4v) is 2.92. The van der Waals surface area contributed by atoms with Crippen molar-refractivity contribution in [2.45, 2.75) is 32.7 Å². The molecule has 0 radical (unpaired) electrons. The average molecular weight is 263 g/mol. The standard InChI is InChI=1S/C15H25N3O/c1-3-4-13(18-9-7-17-8-10-18)14-11(2)5-6-12(16)15(14)19/h5-6,13,17,19H,3-4,7-10,16H2,1-2H3/t13-/m1/s1. The van der Waals surface area contributed by atoms with Gasteiger partial charge in [-0.25, -0.2) is 0 Å². The molecule has 106 valence electrons. The summed E-state index contributed by atoms with van der Waals surface area (Å²) in [4.78, 5) is 2.46. The summed E-state index contributed by atoms with van der Waals surface area (Å²) in [6, 6.07) is 4.07. The van der Waals surface area contributed by atoms with Gasteiger partial charge >= 0.3 is 0 Å². The topological polar surface area (TPSA) is 61.5 Å². The van der Waals surface area contributed by atoms with Gasteiger partial charge in [-0.2, -0.15) is 0 Å². The van der Waals surface area contributed by atoms with Crippen molar-refractivity contribution in [1.29, 1.82) is 0 Å². The summed E-state index contributed by atoms with van der Waals surface area (Å²) in [5.74, 6) is 0.275. The molecule has 0 spiro atoms. The zero-order valence-corrected chi connectivity index (χ0v) is 11.9. The van der Waals surface area contributed by atoms with Crippen molar-refractivity contribution in [3.05, 3.63) is 23.3 Å². The second-order valence-corrected chi connectivity index (χ2v) is 5.32. The quantitative estimate of drug-likeness (QED) is 0.574. The molecule has 0 bridgehead atoms. The van der Waals surface area contributed by atoms with Crippen molar-refractivity contribution < 1.29 is 5.11 Å². The van der Waals surface area contributed by atoms with Crippen molar-refractivity contribution >= 4 is 5.69 Å². The van der Waals surface area contributed by atoms with E-state index in [-0.39, 0.29) is 11.8 Å². The van der Waals surface area contributed by atoms with E-state index < -0.39 is 0 Å². The van der Waals surface area contributed by atoms with Gasteiger partial charge < -0.3 is 16.2 Å². The number of nitrogens with zero attached hydrogens (tertiary/aromatic N) is 1. The van der Waals surface area contributed by atoms with Gasteiger partial charge in [0.25, 0.3) is 0 Å². The van der Waals surface area contributed by atoms with E-state index in [0.717, 1.165) is 50.1 Å². The molecule has 4 heteroatoms. The van der Waals surface area contributed by atoms with Crippen LogP contribution >= 0.6 is 0 Å². The van der Waals surface area contributed by atoms with Crippen LogP contribution in [0.15, 0.2) is 12.1 Å². The molecule has 1 fully saturated rings. The molecule has 1 saturated heterocycles. The monoisotopic (exact) mass is 263 g/mol. The highest BCUT2D eigenvalue weighted by Crippen LogP contribution is 2.38. The minimum absolute atomic E-state index is 0.274. The molecular weight excluding hydrogens is 238 g/mol. The molecule has 0 amide bonds. The van der Waals surface area contributed by atoms with Crippen molar-refractivity contribution in [3.63, 3.8) is 0 Å². The van der Waals surface area contributed by atoms with Gasteiger partial charge in [0.15, 0.2) is 0 Å². The molecular formula is C15H25N3O. The van der Waals surface area contributed by atoms with Crippen LogP contribution in [0.2, 0.25) is 0 Å². The first-order valence-corrected chi connectivity index (χ1v) is 7.17. The molecule has 0 saturated carbocycles. The van der Waals surface area contributed by atoms with E-state index in [0.29, 0.717) is 5.69 Å². The SMILES string of the molecule is CCC[C@H](c1c(C)ccc(N)c1O)N1CCNCC1. The minimum atomic E-state index is 0.274. The van der Waals surface area contributed by atoms with Crippen molar-refractivity contribution in [3.8, 4) is 5.75 Å². The van der Waals surface area contributed by atoms with E-state index in [1.165, 1.54) is 0 Å². The maximum atomic E-state index is 10.3. The van der Waals surface area contributed by atoms with Gasteiger partial charge in [-0.05, 0) is 25.0 Å². The van der Waals surface area contributed by atoms with Crippen LogP contribution in [0.3, 0.4) is 0 Å². The van der Waals surface area contributed by atoms with Crippen molar-refractivity contribution in [1.82, 2.24) is 10.2 Å². The van der Waals surface area contributed by atoms with Crippen LogP contribution in [-0.2, 0) is 0 Å². The molecule has 19 heavy (non-hydrogen) atoms. The van der Waals surface area contributed by atoms with E-state index in [1.54, 1.807) is 6.07 Å². The predicted molar refractivity (Wildman–Crippen MR) is 79.3 cm³/mol. The van der Waals surface area contributed by atoms with E-state index in [1.807, 2.05) is 6.07 Å². The Bertz CT molecular complexity index is 428. The molecule has 2 rings (SSSR count). The first-order valence-electron chi connectivity index (χ1n) is 7.17. The molecule has 1 aliphatic rings. The number of benzene rings is 1. The Hall–Kier alpha value is -1.26. The first kappa shape index (κ1) is 14.2. The fourth-order valence-electron chi connectivity index (χ4n) is 2.92. The Morgan fingerprint density at radius 1 is 1.37 bits per heavy atom. The largest absolute Gasteiger partial charge is 0.505 e. The molecule has 1 aromatic rings. The molecule has 0 unspecified atom stereocenters. The number of aryl methyl sites for hydroxylation is 1. The number of nitrogen functional groups attached to an aromatic ring is 1. The molecule has 1 aromatic carbocycles. The molecule has 1 atom stereocenters. The van der Waals surface area contributed by atoms with Crippen LogP contribution < -0.4 is 11.1 Å². The highest BCUT2D eigenvalue weighted by atomic mass is 16.3. The Labute approximate surface area is 115 Å². The normalized spacial score (nSPS) is 18.4. The number of hydrogen-bond acceptors (Lipinski definition) is 4. The third kappa shape index (κ3) is 3.01. The molecule has 1 heterocycles. The van der Waals surface area contributed by atoms with Gasteiger partial charge in [0, 0.05) is 37.8 Å². The fraction of sp³-hybridized carbons (Fsp3) is 0.600. The lowest BCUT2D eigenvalue weighted by Crippen LogP contribution is -2.45. The maximum absolute atomic E-state index is 10.3. The molecule has 4 N–H and O–H groups in total. The van der Waals surface area contributed by atoms with E-state index in [9.17, 15) is 5.11 Å². The maximum Gasteiger partial charge on any atom is 0.143 e. The van der Waals surface area contributed by atoms with E-state index in [2.05, 4.69) is 24.1 Å². The number of anilines is 1. The molecule has 1 aliphatic heterocycles. The van der Waals surface area contributed by atoms with Crippen molar-refractivity contribution in [2.24, 2.45) is 0 Å². The summed E-state index contributed by atoms with van der Waals surface area (Å²) in [5.41, 5.74) is 8.50. The second-order valence-electron chi connectivity index (χ2n) is 5.32. The van der Waals surface area contributed by atoms with Crippen molar-refractivity contribution in [2.75, 3.05) is 31.9 Å². The van der Waals surface area contributed by atoms with Gasteiger partial charge in [0.05, 0.1) is 5.69 Å². The highest BCUT2D eigenvalue weighted by molar-refractivity contribution is 5.59. The number of hydrogen-bond donors (Lipinski definition) is 3. The lowest BCUT2D eigenvalue weighted by Gasteiger charge is -2.36. The summed E-state index contributed by atoms with van der Waals surface area (Å²) < 4.78 is 0. The first-order chi connectivity index (χ1) is 9.15. The van der Waals surface area contributed by atoms with Gasteiger partial charge in [-0.15, -0.1) is 0 Å². The summed E-state index contributed by atoms with van der Waals surface area (Å²) in [6.45, 7) is 8.33. The Morgan fingerprint density at radius 2 is 2.05 bits per heavy atom. The predicted octanol–water partition coefficient (Wildman–Crippen LogP) is 2.03.